The maximum absolute atomic E-state index is 4.58. The number of nitrogens with one attached hydrogen (secondary N) is 1. The molecule has 0 saturated heterocycles. The Bertz CT molecular complexity index is 590. The SMILES string of the molecule is CCNC(Cc1c(Br)c(CC)nn1C)c1ccc(Br)cc1. The molecule has 1 unspecified atom stereocenters. The summed E-state index contributed by atoms with van der Waals surface area (Å²) in [6.07, 6.45) is 1.86. The first-order valence-corrected chi connectivity index (χ1v) is 8.84. The fraction of sp³-hybridized carbons (Fsp3) is 0.438. The van der Waals surface area contributed by atoms with Gasteiger partial charge in [-0.3, -0.25) is 4.68 Å². The number of aromatic nitrogens is 2. The molecular formula is C16H21Br2N3. The number of nitrogens with zero attached hydrogens (tertiary/aromatic N) is 2. The van der Waals surface area contributed by atoms with Crippen LogP contribution in [0, 0.1) is 0 Å². The van der Waals surface area contributed by atoms with Crippen LogP contribution in [-0.2, 0) is 19.9 Å². The zero-order chi connectivity index (χ0) is 15.4. The third-order valence-corrected chi connectivity index (χ3v) is 5.07. The Hall–Kier alpha value is -0.650. The molecule has 0 fully saturated rings. The quantitative estimate of drug-likeness (QED) is 0.758. The number of halogens is 2. The molecule has 0 aliphatic heterocycles. The number of rotatable bonds is 6. The van der Waals surface area contributed by atoms with Crippen LogP contribution in [0.2, 0.25) is 0 Å². The first-order valence-electron chi connectivity index (χ1n) is 7.25. The van der Waals surface area contributed by atoms with Crippen molar-refractivity contribution in [1.82, 2.24) is 15.1 Å². The largest absolute Gasteiger partial charge is 0.310 e. The van der Waals surface area contributed by atoms with E-state index in [-0.39, 0.29) is 0 Å². The minimum atomic E-state index is 0.291. The van der Waals surface area contributed by atoms with Crippen LogP contribution in [0.1, 0.15) is 36.8 Å². The molecule has 0 bridgehead atoms. The Morgan fingerprint density at radius 1 is 1.19 bits per heavy atom. The Balaban J connectivity index is 2.28. The maximum atomic E-state index is 4.58. The fourth-order valence-corrected chi connectivity index (χ4v) is 3.53. The molecule has 114 valence electrons. The molecule has 1 N–H and O–H groups in total. The zero-order valence-corrected chi connectivity index (χ0v) is 15.8. The van der Waals surface area contributed by atoms with Crippen molar-refractivity contribution < 1.29 is 0 Å². The molecule has 1 heterocycles. The molecule has 0 spiro atoms. The predicted octanol–water partition coefficient (Wildman–Crippen LogP) is 4.40. The third-order valence-electron chi connectivity index (χ3n) is 3.62. The summed E-state index contributed by atoms with van der Waals surface area (Å²) in [5.41, 5.74) is 3.66. The van der Waals surface area contributed by atoms with Crippen LogP contribution in [0.15, 0.2) is 33.2 Å². The van der Waals surface area contributed by atoms with Crippen molar-refractivity contribution >= 4 is 31.9 Å². The summed E-state index contributed by atoms with van der Waals surface area (Å²) in [7, 11) is 2.02. The average molecular weight is 415 g/mol. The number of likely N-dealkylation sites (N-methyl/N-ethyl adjacent to an activating group) is 1. The van der Waals surface area contributed by atoms with Crippen LogP contribution in [-0.4, -0.2) is 16.3 Å². The zero-order valence-electron chi connectivity index (χ0n) is 12.7. The van der Waals surface area contributed by atoms with E-state index in [2.05, 4.69) is 80.4 Å². The second-order valence-corrected chi connectivity index (χ2v) is 6.76. The molecule has 0 aliphatic rings. The molecule has 0 amide bonds. The number of hydrogen-bond donors (Lipinski definition) is 1. The smallest absolute Gasteiger partial charge is 0.0766 e. The van der Waals surface area contributed by atoms with Crippen molar-refractivity contribution in [3.63, 3.8) is 0 Å². The molecule has 0 aliphatic carbocycles. The van der Waals surface area contributed by atoms with Crippen molar-refractivity contribution in [1.29, 1.82) is 0 Å². The Morgan fingerprint density at radius 2 is 1.86 bits per heavy atom. The van der Waals surface area contributed by atoms with Gasteiger partial charge in [0.1, 0.15) is 0 Å². The molecule has 5 heteroatoms. The number of benzene rings is 1. The highest BCUT2D eigenvalue weighted by atomic mass is 79.9. The van der Waals surface area contributed by atoms with Gasteiger partial charge in [-0.1, -0.05) is 41.9 Å². The van der Waals surface area contributed by atoms with Crippen molar-refractivity contribution in [2.75, 3.05) is 6.54 Å². The van der Waals surface area contributed by atoms with Gasteiger partial charge in [-0.15, -0.1) is 0 Å². The van der Waals surface area contributed by atoms with E-state index < -0.39 is 0 Å². The van der Waals surface area contributed by atoms with Gasteiger partial charge in [0.25, 0.3) is 0 Å². The van der Waals surface area contributed by atoms with Gasteiger partial charge in [0.05, 0.1) is 15.9 Å². The molecule has 1 atom stereocenters. The van der Waals surface area contributed by atoms with Crippen LogP contribution >= 0.6 is 31.9 Å². The minimum absolute atomic E-state index is 0.291. The lowest BCUT2D eigenvalue weighted by molar-refractivity contribution is 0.527. The van der Waals surface area contributed by atoms with Gasteiger partial charge in [-0.05, 0) is 46.6 Å². The molecule has 1 aromatic carbocycles. The van der Waals surface area contributed by atoms with E-state index in [0.29, 0.717) is 6.04 Å². The van der Waals surface area contributed by atoms with Gasteiger partial charge >= 0.3 is 0 Å². The molecule has 0 saturated carbocycles. The Morgan fingerprint density at radius 3 is 2.38 bits per heavy atom. The normalized spacial score (nSPS) is 12.6. The summed E-state index contributed by atoms with van der Waals surface area (Å²) in [5.74, 6) is 0. The highest BCUT2D eigenvalue weighted by Gasteiger charge is 2.18. The van der Waals surface area contributed by atoms with Gasteiger partial charge in [0, 0.05) is 24.0 Å². The third kappa shape index (κ3) is 3.96. The molecule has 21 heavy (non-hydrogen) atoms. The average Bonchev–Trinajstić information content (AvgIpc) is 2.75. The van der Waals surface area contributed by atoms with Crippen molar-refractivity contribution in [3.05, 3.63) is 50.2 Å². The van der Waals surface area contributed by atoms with Crippen molar-refractivity contribution in [2.45, 2.75) is 32.7 Å². The van der Waals surface area contributed by atoms with E-state index in [1.807, 2.05) is 11.7 Å². The van der Waals surface area contributed by atoms with Gasteiger partial charge in [-0.2, -0.15) is 5.10 Å². The molecule has 2 aromatic rings. The van der Waals surface area contributed by atoms with Gasteiger partial charge in [0.15, 0.2) is 0 Å². The van der Waals surface area contributed by atoms with Crippen LogP contribution in [0.25, 0.3) is 0 Å². The van der Waals surface area contributed by atoms with Crippen molar-refractivity contribution in [3.8, 4) is 0 Å². The van der Waals surface area contributed by atoms with Gasteiger partial charge < -0.3 is 5.32 Å². The lowest BCUT2D eigenvalue weighted by Gasteiger charge is -2.19. The molecule has 2 rings (SSSR count). The van der Waals surface area contributed by atoms with E-state index in [1.54, 1.807) is 0 Å². The monoisotopic (exact) mass is 413 g/mol. The standard InChI is InChI=1S/C16H21Br2N3/c1-4-13-16(18)15(21(3)20-13)10-14(19-5-2)11-6-8-12(17)9-7-11/h6-9,14,19H,4-5,10H2,1-3H3. The molecular weight excluding hydrogens is 394 g/mol. The summed E-state index contributed by atoms with van der Waals surface area (Å²) in [4.78, 5) is 0. The van der Waals surface area contributed by atoms with E-state index in [9.17, 15) is 0 Å². The van der Waals surface area contributed by atoms with E-state index in [1.165, 1.54) is 11.3 Å². The molecule has 3 nitrogen and oxygen atoms in total. The van der Waals surface area contributed by atoms with Crippen LogP contribution in [0.5, 0.6) is 0 Å². The Labute approximate surface area is 143 Å². The summed E-state index contributed by atoms with van der Waals surface area (Å²) in [5, 5.41) is 8.16. The summed E-state index contributed by atoms with van der Waals surface area (Å²) in [6, 6.07) is 8.81. The fourth-order valence-electron chi connectivity index (χ4n) is 2.48. The van der Waals surface area contributed by atoms with E-state index in [0.717, 1.165) is 34.0 Å². The van der Waals surface area contributed by atoms with Crippen LogP contribution < -0.4 is 5.32 Å². The number of aryl methyl sites for hydroxylation is 2. The van der Waals surface area contributed by atoms with E-state index >= 15 is 0 Å². The highest BCUT2D eigenvalue weighted by molar-refractivity contribution is 9.10. The highest BCUT2D eigenvalue weighted by Crippen LogP contribution is 2.27. The lowest BCUT2D eigenvalue weighted by Crippen LogP contribution is -2.24. The second kappa shape index (κ2) is 7.56. The van der Waals surface area contributed by atoms with Gasteiger partial charge in [0.2, 0.25) is 0 Å². The molecule has 1 aromatic heterocycles. The first kappa shape index (κ1) is 16.7. The molecule has 0 radical (unpaired) electrons. The minimum Gasteiger partial charge on any atom is -0.310 e. The Kier molecular flexibility index (Phi) is 6.02. The van der Waals surface area contributed by atoms with Crippen LogP contribution in [0.4, 0.5) is 0 Å². The van der Waals surface area contributed by atoms with Crippen LogP contribution in [0.3, 0.4) is 0 Å². The number of hydrogen-bond acceptors (Lipinski definition) is 2. The first-order chi connectivity index (χ1) is 10.1. The van der Waals surface area contributed by atoms with Crippen molar-refractivity contribution in [2.24, 2.45) is 7.05 Å². The lowest BCUT2D eigenvalue weighted by atomic mass is 10.0. The summed E-state index contributed by atoms with van der Waals surface area (Å²) in [6.45, 7) is 5.21. The summed E-state index contributed by atoms with van der Waals surface area (Å²) >= 11 is 7.20. The van der Waals surface area contributed by atoms with Gasteiger partial charge in [-0.25, -0.2) is 0 Å². The predicted molar refractivity (Wildman–Crippen MR) is 94.5 cm³/mol. The van der Waals surface area contributed by atoms with E-state index in [4.69, 9.17) is 0 Å². The topological polar surface area (TPSA) is 29.9 Å². The summed E-state index contributed by atoms with van der Waals surface area (Å²) < 4.78 is 4.25. The second-order valence-electron chi connectivity index (χ2n) is 5.05. The maximum Gasteiger partial charge on any atom is 0.0766 e.